The second-order valence-electron chi connectivity index (χ2n) is 10.5. The Morgan fingerprint density at radius 3 is 2.25 bits per heavy atom. The third-order valence-electron chi connectivity index (χ3n) is 7.59. The van der Waals surface area contributed by atoms with E-state index < -0.39 is 49.7 Å². The van der Waals surface area contributed by atoms with Gasteiger partial charge in [0.05, 0.1) is 28.8 Å². The molecule has 48 heavy (non-hydrogen) atoms. The Balaban J connectivity index is 1.70. The van der Waals surface area contributed by atoms with Gasteiger partial charge in [0.2, 0.25) is 0 Å². The average Bonchev–Trinajstić information content (AvgIpc) is 3.67. The number of benzene rings is 4. The van der Waals surface area contributed by atoms with E-state index in [-0.39, 0.29) is 43.9 Å². The lowest BCUT2D eigenvalue weighted by molar-refractivity contribution is -0.133. The summed E-state index contributed by atoms with van der Waals surface area (Å²) in [4.78, 5) is 10.6. The third kappa shape index (κ3) is 5.86. The molecule has 0 bridgehead atoms. The molecule has 0 saturated heterocycles. The first-order valence-electron chi connectivity index (χ1n) is 13.8. The van der Waals surface area contributed by atoms with Crippen LogP contribution < -0.4 is 0 Å². The first-order chi connectivity index (χ1) is 22.7. The van der Waals surface area contributed by atoms with Crippen LogP contribution in [0.4, 0.5) is 26.3 Å². The fourth-order valence-corrected chi connectivity index (χ4v) is 8.07. The average molecular weight is 720 g/mol. The second-order valence-corrected chi connectivity index (χ2v) is 13.6. The number of ether oxygens (including phenoxy) is 1. The standard InChI is InChI=1S/C34H20ClF6NO4S2/c1-46-33(43)21-7-11-24(27(35)16-21)19-3-2-4-20(15-19)30-29(25-13-14-47-31(25)34(39,40)41)26-17-22(36)8-12-28(26)42(30)48(44,45)23-9-5-18(6-10-23)32(37)38/h2-17,32H,1H3. The molecular weight excluding hydrogens is 700 g/mol. The molecule has 14 heteroatoms. The number of carbonyl (C=O) groups is 1. The van der Waals surface area contributed by atoms with Crippen molar-refractivity contribution < 1.29 is 44.3 Å². The lowest BCUT2D eigenvalue weighted by Gasteiger charge is -2.16. The maximum Gasteiger partial charge on any atom is 0.426 e. The fraction of sp³-hybridized carbons (Fsp3) is 0.0882. The van der Waals surface area contributed by atoms with E-state index in [1.54, 1.807) is 6.07 Å². The quantitative estimate of drug-likeness (QED) is 0.122. The summed E-state index contributed by atoms with van der Waals surface area (Å²) in [7, 11) is -3.52. The Morgan fingerprint density at radius 2 is 1.60 bits per heavy atom. The van der Waals surface area contributed by atoms with Crippen molar-refractivity contribution in [1.82, 2.24) is 3.97 Å². The highest BCUT2D eigenvalue weighted by Gasteiger charge is 2.38. The summed E-state index contributed by atoms with van der Waals surface area (Å²) in [5.74, 6) is -1.47. The third-order valence-corrected chi connectivity index (χ3v) is 10.6. The number of esters is 1. The summed E-state index contributed by atoms with van der Waals surface area (Å²) in [6.07, 6.45) is -7.72. The number of hydrogen-bond donors (Lipinski definition) is 0. The van der Waals surface area contributed by atoms with Crippen LogP contribution in [0.3, 0.4) is 0 Å². The molecular formula is C34H20ClF6NO4S2. The molecule has 0 aliphatic carbocycles. The molecule has 0 saturated carbocycles. The first kappa shape index (κ1) is 33.3. The lowest BCUT2D eigenvalue weighted by Crippen LogP contribution is -2.14. The summed E-state index contributed by atoms with van der Waals surface area (Å²) in [5, 5.41) is 1.19. The highest BCUT2D eigenvalue weighted by atomic mass is 35.5. The minimum absolute atomic E-state index is 0.110. The molecule has 0 aliphatic heterocycles. The van der Waals surface area contributed by atoms with E-state index in [9.17, 15) is 39.6 Å². The molecule has 246 valence electrons. The second kappa shape index (κ2) is 12.5. The summed E-state index contributed by atoms with van der Waals surface area (Å²) in [5.41, 5.74) is -0.342. The minimum Gasteiger partial charge on any atom is -0.465 e. The molecule has 6 rings (SSSR count). The molecule has 0 aliphatic rings. The fourth-order valence-electron chi connectivity index (χ4n) is 5.46. The van der Waals surface area contributed by atoms with E-state index in [0.717, 1.165) is 46.4 Å². The van der Waals surface area contributed by atoms with Crippen molar-refractivity contribution in [1.29, 1.82) is 0 Å². The van der Waals surface area contributed by atoms with Crippen molar-refractivity contribution in [3.63, 3.8) is 0 Å². The van der Waals surface area contributed by atoms with Gasteiger partial charge in [-0.25, -0.2) is 30.4 Å². The smallest absolute Gasteiger partial charge is 0.426 e. The zero-order chi connectivity index (χ0) is 34.5. The SMILES string of the molecule is COC(=O)c1ccc(-c2cccc(-c3c(-c4ccsc4C(F)(F)F)c4cc(F)ccc4n3S(=O)(=O)c3ccc(C(F)F)cc3)c2)c(Cl)c1. The molecule has 5 nitrogen and oxygen atoms in total. The van der Waals surface area contributed by atoms with Gasteiger partial charge in [0.1, 0.15) is 10.7 Å². The van der Waals surface area contributed by atoms with Crippen molar-refractivity contribution in [2.24, 2.45) is 0 Å². The van der Waals surface area contributed by atoms with Crippen LogP contribution in [0.1, 0.15) is 27.2 Å². The van der Waals surface area contributed by atoms with Crippen LogP contribution in [0.2, 0.25) is 5.02 Å². The van der Waals surface area contributed by atoms with Crippen LogP contribution in [0.25, 0.3) is 44.4 Å². The van der Waals surface area contributed by atoms with Gasteiger partial charge in [0.15, 0.2) is 0 Å². The molecule has 0 amide bonds. The summed E-state index contributed by atoms with van der Waals surface area (Å²) < 4.78 is 119. The van der Waals surface area contributed by atoms with Gasteiger partial charge in [-0.15, -0.1) is 11.3 Å². The van der Waals surface area contributed by atoms with E-state index in [0.29, 0.717) is 22.5 Å². The normalized spacial score (nSPS) is 12.2. The molecule has 0 unspecified atom stereocenters. The highest BCUT2D eigenvalue weighted by molar-refractivity contribution is 7.90. The molecule has 2 heterocycles. The van der Waals surface area contributed by atoms with Crippen molar-refractivity contribution in [2.75, 3.05) is 7.11 Å². The largest absolute Gasteiger partial charge is 0.465 e. The van der Waals surface area contributed by atoms with E-state index in [1.807, 2.05) is 0 Å². The van der Waals surface area contributed by atoms with Gasteiger partial charge < -0.3 is 4.74 Å². The summed E-state index contributed by atoms with van der Waals surface area (Å²) >= 11 is 6.91. The molecule has 0 radical (unpaired) electrons. The summed E-state index contributed by atoms with van der Waals surface area (Å²) in [6, 6.07) is 18.5. The number of rotatable bonds is 7. The van der Waals surface area contributed by atoms with Gasteiger partial charge >= 0.3 is 12.1 Å². The zero-order valence-corrected chi connectivity index (χ0v) is 26.7. The van der Waals surface area contributed by atoms with Crippen LogP contribution in [0, 0.1) is 5.82 Å². The van der Waals surface area contributed by atoms with Gasteiger partial charge in [-0.2, -0.15) is 13.2 Å². The van der Waals surface area contributed by atoms with E-state index >= 15 is 0 Å². The maximum atomic E-state index is 14.8. The number of halogens is 7. The number of thiophene rings is 1. The Labute approximate surface area is 278 Å². The molecule has 0 N–H and O–H groups in total. The molecule has 0 spiro atoms. The van der Waals surface area contributed by atoms with Crippen LogP contribution in [0.15, 0.2) is 101 Å². The van der Waals surface area contributed by atoms with Gasteiger partial charge in [-0.1, -0.05) is 48.0 Å². The Kier molecular flexibility index (Phi) is 8.65. The van der Waals surface area contributed by atoms with Gasteiger partial charge in [-0.3, -0.25) is 0 Å². The topological polar surface area (TPSA) is 65.4 Å². The van der Waals surface area contributed by atoms with Crippen LogP contribution in [0.5, 0.6) is 0 Å². The Morgan fingerprint density at radius 1 is 0.896 bits per heavy atom. The van der Waals surface area contributed by atoms with Gasteiger partial charge in [-0.05, 0) is 65.5 Å². The van der Waals surface area contributed by atoms with E-state index in [1.165, 1.54) is 55.0 Å². The van der Waals surface area contributed by atoms with Crippen LogP contribution in [-0.2, 0) is 20.9 Å². The highest BCUT2D eigenvalue weighted by Crippen LogP contribution is 2.49. The Bertz CT molecular complexity index is 2310. The number of fused-ring (bicyclic) bond motifs is 1. The molecule has 0 fully saturated rings. The summed E-state index contributed by atoms with van der Waals surface area (Å²) in [6.45, 7) is 0. The van der Waals surface area contributed by atoms with Crippen molar-refractivity contribution >= 4 is 49.8 Å². The van der Waals surface area contributed by atoms with Gasteiger partial charge in [0, 0.05) is 38.2 Å². The maximum absolute atomic E-state index is 14.8. The van der Waals surface area contributed by atoms with E-state index in [4.69, 9.17) is 16.3 Å². The number of alkyl halides is 5. The van der Waals surface area contributed by atoms with Crippen LogP contribution >= 0.6 is 22.9 Å². The predicted octanol–water partition coefficient (Wildman–Crippen LogP) is 10.5. The number of nitrogens with zero attached hydrogens (tertiary/aromatic N) is 1. The first-order valence-corrected chi connectivity index (χ1v) is 16.5. The van der Waals surface area contributed by atoms with Crippen molar-refractivity contribution in [2.45, 2.75) is 17.5 Å². The molecule has 2 aromatic heterocycles. The number of aromatic nitrogens is 1. The van der Waals surface area contributed by atoms with E-state index in [2.05, 4.69) is 0 Å². The predicted molar refractivity (Wildman–Crippen MR) is 171 cm³/mol. The lowest BCUT2D eigenvalue weighted by atomic mass is 9.96. The molecule has 4 aromatic carbocycles. The number of hydrogen-bond acceptors (Lipinski definition) is 5. The Hall–Kier alpha value is -4.59. The van der Waals surface area contributed by atoms with Crippen LogP contribution in [-0.4, -0.2) is 25.5 Å². The van der Waals surface area contributed by atoms with Gasteiger partial charge in [0.25, 0.3) is 16.4 Å². The number of methoxy groups -OCH3 is 1. The molecule has 0 atom stereocenters. The van der Waals surface area contributed by atoms with Crippen molar-refractivity contribution in [3.8, 4) is 33.5 Å². The monoisotopic (exact) mass is 719 g/mol. The number of carbonyl (C=O) groups excluding carboxylic acids is 1. The van der Waals surface area contributed by atoms with Crippen molar-refractivity contribution in [3.05, 3.63) is 123 Å². The zero-order valence-electron chi connectivity index (χ0n) is 24.4. The minimum atomic E-state index is -4.84. The molecule has 6 aromatic rings.